The molecule has 2 aromatic heterocycles. The Balaban J connectivity index is 1.23. The fourth-order valence-electron chi connectivity index (χ4n) is 3.96. The second kappa shape index (κ2) is 10.2. The monoisotopic (exact) mass is 528 g/mol. The zero-order valence-corrected chi connectivity index (χ0v) is 20.9. The minimum Gasteiger partial charge on any atom is -0.495 e. The first kappa shape index (κ1) is 24.2. The van der Waals surface area contributed by atoms with Gasteiger partial charge < -0.3 is 15.0 Å². The quantitative estimate of drug-likeness (QED) is 0.421. The van der Waals surface area contributed by atoms with Gasteiger partial charge in [0.2, 0.25) is 4.96 Å². The van der Waals surface area contributed by atoms with Crippen LogP contribution in [0.3, 0.4) is 0 Å². The van der Waals surface area contributed by atoms with Gasteiger partial charge in [-0.3, -0.25) is 9.69 Å². The molecule has 1 saturated heterocycles. The van der Waals surface area contributed by atoms with Crippen molar-refractivity contribution in [3.63, 3.8) is 0 Å². The third-order valence-corrected chi connectivity index (χ3v) is 7.03. The van der Waals surface area contributed by atoms with Gasteiger partial charge in [-0.1, -0.05) is 22.9 Å². The van der Waals surface area contributed by atoms with Crippen molar-refractivity contribution in [2.45, 2.75) is 6.54 Å². The van der Waals surface area contributed by atoms with Crippen molar-refractivity contribution in [3.05, 3.63) is 75.4 Å². The SMILES string of the molecule is COc1ccc(Cl)cc1NC(=O)N1CCN(Cc2cc(=O)n3nc(-c4ccc(F)cc4)sc3n2)CC1. The molecule has 0 bridgehead atoms. The molecular formula is C24H22ClFN6O3S. The van der Waals surface area contributed by atoms with Crippen LogP contribution in [0, 0.1) is 5.82 Å². The van der Waals surface area contributed by atoms with E-state index in [1.54, 1.807) is 35.2 Å². The summed E-state index contributed by atoms with van der Waals surface area (Å²) in [5.74, 6) is 0.198. The molecule has 1 N–H and O–H groups in total. The van der Waals surface area contributed by atoms with Crippen molar-refractivity contribution in [2.24, 2.45) is 0 Å². The molecule has 2 aromatic carbocycles. The van der Waals surface area contributed by atoms with E-state index in [1.165, 1.54) is 41.2 Å². The molecule has 0 unspecified atom stereocenters. The highest BCUT2D eigenvalue weighted by Gasteiger charge is 2.23. The van der Waals surface area contributed by atoms with Crippen LogP contribution >= 0.6 is 22.9 Å². The van der Waals surface area contributed by atoms with Gasteiger partial charge in [-0.2, -0.15) is 9.61 Å². The number of methoxy groups -OCH3 is 1. The number of hydrogen-bond donors (Lipinski definition) is 1. The zero-order chi connectivity index (χ0) is 25.2. The zero-order valence-electron chi connectivity index (χ0n) is 19.3. The molecule has 1 aliphatic rings. The highest BCUT2D eigenvalue weighted by Crippen LogP contribution is 2.28. The van der Waals surface area contributed by atoms with Gasteiger partial charge in [0.25, 0.3) is 5.56 Å². The normalized spacial score (nSPS) is 14.2. The molecule has 36 heavy (non-hydrogen) atoms. The largest absolute Gasteiger partial charge is 0.495 e. The van der Waals surface area contributed by atoms with Gasteiger partial charge in [0, 0.05) is 49.4 Å². The van der Waals surface area contributed by atoms with Crippen LogP contribution in [0.4, 0.5) is 14.9 Å². The lowest BCUT2D eigenvalue weighted by Gasteiger charge is -2.34. The van der Waals surface area contributed by atoms with Crippen LogP contribution in [0.25, 0.3) is 15.5 Å². The molecule has 3 heterocycles. The van der Waals surface area contributed by atoms with Crippen molar-refractivity contribution >= 4 is 39.6 Å². The van der Waals surface area contributed by atoms with Crippen molar-refractivity contribution < 1.29 is 13.9 Å². The van der Waals surface area contributed by atoms with Gasteiger partial charge in [-0.05, 0) is 42.5 Å². The average molecular weight is 529 g/mol. The lowest BCUT2D eigenvalue weighted by molar-refractivity contribution is 0.142. The highest BCUT2D eigenvalue weighted by atomic mass is 35.5. The number of hydrogen-bond acceptors (Lipinski definition) is 7. The van der Waals surface area contributed by atoms with E-state index in [1.807, 2.05) is 0 Å². The number of carbonyl (C=O) groups excluding carboxylic acids is 1. The molecule has 1 fully saturated rings. The number of nitrogens with one attached hydrogen (secondary N) is 1. The number of halogens is 2. The van der Waals surface area contributed by atoms with Gasteiger partial charge in [0.05, 0.1) is 18.5 Å². The highest BCUT2D eigenvalue weighted by molar-refractivity contribution is 7.19. The van der Waals surface area contributed by atoms with Gasteiger partial charge in [0.15, 0.2) is 0 Å². The first-order valence-corrected chi connectivity index (χ1v) is 12.4. The third-order valence-electron chi connectivity index (χ3n) is 5.84. The van der Waals surface area contributed by atoms with Crippen LogP contribution in [0.1, 0.15) is 5.69 Å². The fourth-order valence-corrected chi connectivity index (χ4v) is 5.06. The van der Waals surface area contributed by atoms with Crippen LogP contribution in [0.15, 0.2) is 53.3 Å². The van der Waals surface area contributed by atoms with Crippen LogP contribution in [-0.4, -0.2) is 63.7 Å². The van der Waals surface area contributed by atoms with Crippen molar-refractivity contribution in [1.29, 1.82) is 0 Å². The number of rotatable bonds is 5. The van der Waals surface area contributed by atoms with E-state index >= 15 is 0 Å². The topological polar surface area (TPSA) is 92.1 Å². The Morgan fingerprint density at radius 1 is 1.14 bits per heavy atom. The number of ether oxygens (including phenoxy) is 1. The number of piperazine rings is 1. The van der Waals surface area contributed by atoms with Crippen molar-refractivity contribution in [3.8, 4) is 16.3 Å². The van der Waals surface area contributed by atoms with Crippen LogP contribution in [0.5, 0.6) is 5.75 Å². The molecule has 0 atom stereocenters. The summed E-state index contributed by atoms with van der Waals surface area (Å²) in [6.07, 6.45) is 0. The second-order valence-electron chi connectivity index (χ2n) is 8.23. The van der Waals surface area contributed by atoms with E-state index in [-0.39, 0.29) is 17.4 Å². The molecule has 4 aromatic rings. The van der Waals surface area contributed by atoms with Crippen molar-refractivity contribution in [1.82, 2.24) is 24.4 Å². The summed E-state index contributed by atoms with van der Waals surface area (Å²) in [6, 6.07) is 12.2. The van der Waals surface area contributed by atoms with E-state index in [0.717, 1.165) is 5.56 Å². The maximum Gasteiger partial charge on any atom is 0.322 e. The Labute approximate surface area is 214 Å². The van der Waals surface area contributed by atoms with E-state index in [9.17, 15) is 14.0 Å². The summed E-state index contributed by atoms with van der Waals surface area (Å²) in [5, 5.41) is 8.29. The molecule has 2 amide bonds. The predicted molar refractivity (Wildman–Crippen MR) is 136 cm³/mol. The summed E-state index contributed by atoms with van der Waals surface area (Å²) in [5.41, 5.74) is 1.60. The Hall–Kier alpha value is -3.54. The van der Waals surface area contributed by atoms with E-state index in [4.69, 9.17) is 16.3 Å². The minimum absolute atomic E-state index is 0.231. The number of benzene rings is 2. The molecule has 0 aliphatic carbocycles. The van der Waals surface area contributed by atoms with E-state index in [0.29, 0.717) is 64.8 Å². The molecule has 12 heteroatoms. The molecule has 1 aliphatic heterocycles. The van der Waals surface area contributed by atoms with Crippen LogP contribution < -0.4 is 15.6 Å². The molecular weight excluding hydrogens is 507 g/mol. The maximum atomic E-state index is 13.2. The maximum absolute atomic E-state index is 13.2. The van der Waals surface area contributed by atoms with Gasteiger partial charge in [-0.15, -0.1) is 0 Å². The standard InChI is InChI=1S/C24H22ClFN6O3S/c1-35-20-7-4-16(25)12-19(20)28-23(34)31-10-8-30(9-11-31)14-18-13-21(33)32-24(27-18)36-22(29-32)15-2-5-17(26)6-3-15/h2-7,12-13H,8-11,14H2,1H3,(H,28,34). The fraction of sp³-hybridized carbons (Fsp3) is 0.250. The smallest absolute Gasteiger partial charge is 0.322 e. The number of urea groups is 1. The number of anilines is 1. The number of carbonyl (C=O) groups is 1. The molecule has 0 saturated carbocycles. The molecule has 0 spiro atoms. The Bertz CT molecular complexity index is 1470. The number of nitrogens with zero attached hydrogens (tertiary/aromatic N) is 5. The number of fused-ring (bicyclic) bond motifs is 1. The first-order chi connectivity index (χ1) is 17.4. The lowest BCUT2D eigenvalue weighted by atomic mass is 10.2. The van der Waals surface area contributed by atoms with Gasteiger partial charge >= 0.3 is 6.03 Å². The van der Waals surface area contributed by atoms with Gasteiger partial charge in [-0.25, -0.2) is 14.2 Å². The summed E-state index contributed by atoms with van der Waals surface area (Å²) in [4.78, 5) is 34.4. The van der Waals surface area contributed by atoms with Crippen LogP contribution in [0.2, 0.25) is 5.02 Å². The minimum atomic E-state index is -0.334. The van der Waals surface area contributed by atoms with Crippen molar-refractivity contribution in [2.75, 3.05) is 38.6 Å². The van der Waals surface area contributed by atoms with E-state index in [2.05, 4.69) is 20.3 Å². The molecule has 186 valence electrons. The van der Waals surface area contributed by atoms with E-state index < -0.39 is 0 Å². The predicted octanol–water partition coefficient (Wildman–Crippen LogP) is 3.97. The Morgan fingerprint density at radius 3 is 2.61 bits per heavy atom. The summed E-state index contributed by atoms with van der Waals surface area (Å²) in [6.45, 7) is 2.78. The third kappa shape index (κ3) is 5.18. The second-order valence-corrected chi connectivity index (χ2v) is 9.62. The molecule has 0 radical (unpaired) electrons. The average Bonchev–Trinajstić information content (AvgIpc) is 3.30. The summed E-state index contributed by atoms with van der Waals surface area (Å²) < 4.78 is 19.8. The van der Waals surface area contributed by atoms with Crippen LogP contribution in [-0.2, 0) is 6.54 Å². The Kier molecular flexibility index (Phi) is 6.86. The first-order valence-electron chi connectivity index (χ1n) is 11.2. The number of aromatic nitrogens is 3. The summed E-state index contributed by atoms with van der Waals surface area (Å²) >= 11 is 7.33. The Morgan fingerprint density at radius 2 is 1.89 bits per heavy atom. The summed E-state index contributed by atoms with van der Waals surface area (Å²) in [7, 11) is 1.53. The van der Waals surface area contributed by atoms with Gasteiger partial charge in [0.1, 0.15) is 16.6 Å². The molecule has 9 nitrogen and oxygen atoms in total. The lowest BCUT2D eigenvalue weighted by Crippen LogP contribution is -2.49. The number of amides is 2. The molecule has 5 rings (SSSR count).